The number of fused-ring (bicyclic) bond motifs is 9. The van der Waals surface area contributed by atoms with Gasteiger partial charge in [0.25, 0.3) is 0 Å². The fraction of sp³-hybridized carbons (Fsp3) is 0.0392. The third-order valence-electron chi connectivity index (χ3n) is 11.3. The number of furan rings is 3. The Hall–Kier alpha value is -7.57. The first-order chi connectivity index (χ1) is 28.2. The lowest BCUT2D eigenvalue weighted by atomic mass is 9.90. The van der Waals surface area contributed by atoms with Crippen molar-refractivity contribution in [3.63, 3.8) is 0 Å². The van der Waals surface area contributed by atoms with E-state index in [2.05, 4.69) is 103 Å². The molecule has 6 heteroatoms. The third-order valence-corrected chi connectivity index (χ3v) is 11.3. The second kappa shape index (κ2) is 12.5. The van der Waals surface area contributed by atoms with Gasteiger partial charge in [0.1, 0.15) is 33.5 Å². The van der Waals surface area contributed by atoms with Gasteiger partial charge in [0.15, 0.2) is 17.5 Å². The first kappa shape index (κ1) is 31.7. The zero-order valence-electron chi connectivity index (χ0n) is 30.5. The molecule has 0 spiro atoms. The molecule has 1 unspecified atom stereocenters. The van der Waals surface area contributed by atoms with Gasteiger partial charge in [0.05, 0.1) is 0 Å². The first-order valence-corrected chi connectivity index (χ1v) is 19.2. The van der Waals surface area contributed by atoms with Gasteiger partial charge in [-0.25, -0.2) is 15.0 Å². The Labute approximate surface area is 326 Å². The van der Waals surface area contributed by atoms with Crippen molar-refractivity contribution in [2.45, 2.75) is 12.3 Å². The van der Waals surface area contributed by atoms with E-state index in [1.807, 2.05) is 66.7 Å². The lowest BCUT2D eigenvalue weighted by molar-refractivity contribution is 0.668. The van der Waals surface area contributed by atoms with E-state index < -0.39 is 0 Å². The fourth-order valence-corrected chi connectivity index (χ4v) is 8.53. The number of rotatable bonds is 5. The summed E-state index contributed by atoms with van der Waals surface area (Å²) in [6.45, 7) is 0. The molecule has 4 aromatic heterocycles. The second-order valence-electron chi connectivity index (χ2n) is 14.7. The predicted molar refractivity (Wildman–Crippen MR) is 229 cm³/mol. The molecule has 12 rings (SSSR count). The van der Waals surface area contributed by atoms with Crippen LogP contribution in [0.25, 0.3) is 105 Å². The molecule has 0 saturated carbocycles. The molecule has 0 radical (unpaired) electrons. The van der Waals surface area contributed by atoms with Gasteiger partial charge in [-0.2, -0.15) is 0 Å². The number of allylic oxidation sites excluding steroid dienone is 4. The average Bonchev–Trinajstić information content (AvgIpc) is 3.97. The standard InChI is InChI=1S/C51H31N3O3/c1-2-10-30(11-3-1)31-18-20-32(21-19-31)49-52-50(34-23-26-45-40(29-34)37-13-5-8-16-42(37)56-45)54-51(53-49)48-35(24-27-46-47(48)38-14-6-9-17-43(38)57-46)33-22-25-44-39(28-33)36-12-4-7-15-41(36)55-44/h1-18,20-29,31H,19H2. The van der Waals surface area contributed by atoms with Crippen LogP contribution in [0, 0.1) is 0 Å². The quantitative estimate of drug-likeness (QED) is 0.175. The molecule has 11 aromatic rings. The summed E-state index contributed by atoms with van der Waals surface area (Å²) in [5.74, 6) is 2.03. The van der Waals surface area contributed by atoms with Crippen LogP contribution >= 0.6 is 0 Å². The minimum atomic E-state index is 0.277. The van der Waals surface area contributed by atoms with E-state index in [0.717, 1.165) is 100 Å². The number of aromatic nitrogens is 3. The highest BCUT2D eigenvalue weighted by Gasteiger charge is 2.24. The van der Waals surface area contributed by atoms with Crippen LogP contribution in [0.15, 0.2) is 183 Å². The average molecular weight is 734 g/mol. The molecule has 1 atom stereocenters. The maximum absolute atomic E-state index is 6.50. The molecule has 0 bridgehead atoms. The van der Waals surface area contributed by atoms with Crippen LogP contribution in [0.4, 0.5) is 0 Å². The topological polar surface area (TPSA) is 78.1 Å². The fourth-order valence-electron chi connectivity index (χ4n) is 8.53. The SMILES string of the molecule is C1=CC(c2ccccc2)CC=C1c1nc(-c2ccc3oc4ccccc4c3c2)nc(-c2c(-c3ccc4oc5ccccc5c4c3)ccc3oc4ccccc4c23)n1. The molecule has 1 aliphatic carbocycles. The predicted octanol–water partition coefficient (Wildman–Crippen LogP) is 13.7. The smallest absolute Gasteiger partial charge is 0.165 e. The van der Waals surface area contributed by atoms with Crippen molar-refractivity contribution >= 4 is 71.4 Å². The van der Waals surface area contributed by atoms with Crippen molar-refractivity contribution in [2.75, 3.05) is 0 Å². The molecule has 268 valence electrons. The Morgan fingerprint density at radius 2 is 0.982 bits per heavy atom. The minimum absolute atomic E-state index is 0.277. The van der Waals surface area contributed by atoms with Crippen LogP contribution in [0.5, 0.6) is 0 Å². The summed E-state index contributed by atoms with van der Waals surface area (Å²) < 4.78 is 18.9. The Morgan fingerprint density at radius 1 is 0.439 bits per heavy atom. The molecule has 1 aliphatic rings. The number of nitrogens with zero attached hydrogens (tertiary/aromatic N) is 3. The van der Waals surface area contributed by atoms with Crippen molar-refractivity contribution in [3.8, 4) is 33.9 Å². The summed E-state index contributed by atoms with van der Waals surface area (Å²) in [6.07, 6.45) is 7.51. The summed E-state index contributed by atoms with van der Waals surface area (Å²) in [5, 5.41) is 6.14. The minimum Gasteiger partial charge on any atom is -0.456 e. The van der Waals surface area contributed by atoms with E-state index in [9.17, 15) is 0 Å². The number of para-hydroxylation sites is 3. The Morgan fingerprint density at radius 3 is 1.68 bits per heavy atom. The van der Waals surface area contributed by atoms with Crippen LogP contribution in [-0.4, -0.2) is 15.0 Å². The molecule has 0 fully saturated rings. The molecule has 4 heterocycles. The van der Waals surface area contributed by atoms with Gasteiger partial charge in [-0.1, -0.05) is 109 Å². The Balaban J connectivity index is 1.11. The summed E-state index contributed by atoms with van der Waals surface area (Å²) in [5.41, 5.74) is 10.9. The summed E-state index contributed by atoms with van der Waals surface area (Å²) >= 11 is 0. The molecule has 0 saturated heterocycles. The van der Waals surface area contributed by atoms with Gasteiger partial charge in [0.2, 0.25) is 0 Å². The van der Waals surface area contributed by atoms with Crippen molar-refractivity contribution in [1.82, 2.24) is 15.0 Å². The molecular formula is C51H31N3O3. The molecule has 0 N–H and O–H groups in total. The maximum atomic E-state index is 6.50. The molecule has 6 nitrogen and oxygen atoms in total. The van der Waals surface area contributed by atoms with Crippen LogP contribution < -0.4 is 0 Å². The van der Waals surface area contributed by atoms with E-state index in [1.165, 1.54) is 5.56 Å². The highest BCUT2D eigenvalue weighted by Crippen LogP contribution is 2.44. The zero-order valence-corrected chi connectivity index (χ0v) is 30.5. The number of hydrogen-bond donors (Lipinski definition) is 0. The molecule has 57 heavy (non-hydrogen) atoms. The van der Waals surface area contributed by atoms with Crippen molar-refractivity contribution in [2.24, 2.45) is 0 Å². The molecule has 7 aromatic carbocycles. The number of hydrogen-bond acceptors (Lipinski definition) is 6. The van der Waals surface area contributed by atoms with Crippen molar-refractivity contribution in [1.29, 1.82) is 0 Å². The zero-order chi connectivity index (χ0) is 37.5. The van der Waals surface area contributed by atoms with Crippen molar-refractivity contribution in [3.05, 3.63) is 181 Å². The van der Waals surface area contributed by atoms with Gasteiger partial charge in [0, 0.05) is 54.9 Å². The normalized spacial score (nSPS) is 14.5. The highest BCUT2D eigenvalue weighted by atomic mass is 16.3. The number of benzene rings is 7. The molecular weight excluding hydrogens is 703 g/mol. The van der Waals surface area contributed by atoms with E-state index in [-0.39, 0.29) is 5.92 Å². The van der Waals surface area contributed by atoms with E-state index in [1.54, 1.807) is 0 Å². The van der Waals surface area contributed by atoms with Crippen LogP contribution in [0.1, 0.15) is 23.7 Å². The van der Waals surface area contributed by atoms with E-state index in [0.29, 0.717) is 17.5 Å². The van der Waals surface area contributed by atoms with Crippen LogP contribution in [0.2, 0.25) is 0 Å². The molecule has 0 amide bonds. The van der Waals surface area contributed by atoms with Gasteiger partial charge in [-0.15, -0.1) is 0 Å². The lowest BCUT2D eigenvalue weighted by Crippen LogP contribution is -2.05. The van der Waals surface area contributed by atoms with Crippen LogP contribution in [0.3, 0.4) is 0 Å². The summed E-state index contributed by atoms with van der Waals surface area (Å²) in [6, 6.07) is 51.8. The largest absolute Gasteiger partial charge is 0.456 e. The van der Waals surface area contributed by atoms with Gasteiger partial charge >= 0.3 is 0 Å². The first-order valence-electron chi connectivity index (χ1n) is 19.2. The van der Waals surface area contributed by atoms with Gasteiger partial charge in [-0.3, -0.25) is 0 Å². The van der Waals surface area contributed by atoms with E-state index in [4.69, 9.17) is 28.2 Å². The van der Waals surface area contributed by atoms with Crippen molar-refractivity contribution < 1.29 is 13.3 Å². The highest BCUT2D eigenvalue weighted by molar-refractivity contribution is 6.16. The monoisotopic (exact) mass is 733 g/mol. The Kier molecular flexibility index (Phi) is 6.95. The lowest BCUT2D eigenvalue weighted by Gasteiger charge is -2.17. The van der Waals surface area contributed by atoms with Gasteiger partial charge in [-0.05, 0) is 83.8 Å². The van der Waals surface area contributed by atoms with E-state index >= 15 is 0 Å². The van der Waals surface area contributed by atoms with Crippen LogP contribution in [-0.2, 0) is 0 Å². The summed E-state index contributed by atoms with van der Waals surface area (Å²) in [7, 11) is 0. The van der Waals surface area contributed by atoms with Gasteiger partial charge < -0.3 is 13.3 Å². The second-order valence-corrected chi connectivity index (χ2v) is 14.7. The maximum Gasteiger partial charge on any atom is 0.165 e. The Bertz CT molecular complexity index is 3460. The molecule has 0 aliphatic heterocycles. The third kappa shape index (κ3) is 5.15. The summed E-state index contributed by atoms with van der Waals surface area (Å²) in [4.78, 5) is 15.9.